The van der Waals surface area contributed by atoms with Crippen LogP contribution in [0.2, 0.25) is 0 Å². The zero-order valence-electron chi connectivity index (χ0n) is 10.6. The molecule has 0 fully saturated rings. The van der Waals surface area contributed by atoms with Crippen LogP contribution in [0.25, 0.3) is 0 Å². The quantitative estimate of drug-likeness (QED) is 0.613. The number of benzene rings is 1. The van der Waals surface area contributed by atoms with E-state index in [0.717, 1.165) is 5.69 Å². The van der Waals surface area contributed by atoms with Gasteiger partial charge in [0, 0.05) is 24.2 Å². The minimum Gasteiger partial charge on any atom is -0.383 e. The highest BCUT2D eigenvalue weighted by atomic mass is 19.4. The third kappa shape index (κ3) is 6.24. The average molecular weight is 275 g/mol. The SMILES string of the molecule is CCC(=O)c1ccc(NCCOCC(F)(F)F)cc1. The van der Waals surface area contributed by atoms with Gasteiger partial charge in [0.1, 0.15) is 6.61 Å². The van der Waals surface area contributed by atoms with E-state index in [2.05, 4.69) is 10.1 Å². The summed E-state index contributed by atoms with van der Waals surface area (Å²) in [6.45, 7) is 0.789. The van der Waals surface area contributed by atoms with Crippen LogP contribution < -0.4 is 5.32 Å². The van der Waals surface area contributed by atoms with Gasteiger partial charge in [0.25, 0.3) is 0 Å². The molecule has 106 valence electrons. The van der Waals surface area contributed by atoms with Crippen LogP contribution in [-0.4, -0.2) is 31.7 Å². The molecule has 1 aromatic carbocycles. The fourth-order valence-corrected chi connectivity index (χ4v) is 1.43. The van der Waals surface area contributed by atoms with Crippen LogP contribution in [0.15, 0.2) is 24.3 Å². The standard InChI is InChI=1S/C13H16F3NO2/c1-2-12(18)10-3-5-11(6-4-10)17-7-8-19-9-13(14,15)16/h3-6,17H,2,7-9H2,1H3. The summed E-state index contributed by atoms with van der Waals surface area (Å²) in [6.07, 6.45) is -3.85. The molecule has 0 spiro atoms. The van der Waals surface area contributed by atoms with Gasteiger partial charge in [0.2, 0.25) is 0 Å². The van der Waals surface area contributed by atoms with E-state index < -0.39 is 12.8 Å². The molecule has 0 aromatic heterocycles. The first-order valence-electron chi connectivity index (χ1n) is 5.94. The number of carbonyl (C=O) groups excluding carboxylic acids is 1. The average Bonchev–Trinajstić information content (AvgIpc) is 2.37. The van der Waals surface area contributed by atoms with E-state index in [1.54, 1.807) is 31.2 Å². The van der Waals surface area contributed by atoms with Gasteiger partial charge in [-0.3, -0.25) is 4.79 Å². The number of hydrogen-bond donors (Lipinski definition) is 1. The molecule has 0 saturated heterocycles. The van der Waals surface area contributed by atoms with Crippen molar-refractivity contribution >= 4 is 11.5 Å². The molecule has 0 aliphatic carbocycles. The normalized spacial score (nSPS) is 11.4. The van der Waals surface area contributed by atoms with Crippen molar-refractivity contribution in [2.75, 3.05) is 25.1 Å². The predicted molar refractivity (Wildman–Crippen MR) is 66.4 cm³/mol. The van der Waals surface area contributed by atoms with Crippen molar-refractivity contribution < 1.29 is 22.7 Å². The Bertz CT molecular complexity index is 401. The molecule has 0 aliphatic heterocycles. The summed E-state index contributed by atoms with van der Waals surface area (Å²) in [4.78, 5) is 11.4. The van der Waals surface area contributed by atoms with Crippen molar-refractivity contribution in [3.8, 4) is 0 Å². The lowest BCUT2D eigenvalue weighted by molar-refractivity contribution is -0.172. The summed E-state index contributed by atoms with van der Waals surface area (Å²) in [7, 11) is 0. The van der Waals surface area contributed by atoms with Crippen LogP contribution in [-0.2, 0) is 4.74 Å². The second kappa shape index (κ2) is 7.13. The zero-order valence-corrected chi connectivity index (χ0v) is 10.6. The van der Waals surface area contributed by atoms with Crippen molar-refractivity contribution in [2.45, 2.75) is 19.5 Å². The van der Waals surface area contributed by atoms with Gasteiger partial charge in [0.05, 0.1) is 6.61 Å². The number of alkyl halides is 3. The number of ketones is 1. The topological polar surface area (TPSA) is 38.3 Å². The van der Waals surface area contributed by atoms with Gasteiger partial charge in [-0.05, 0) is 24.3 Å². The van der Waals surface area contributed by atoms with E-state index in [9.17, 15) is 18.0 Å². The van der Waals surface area contributed by atoms with E-state index in [1.807, 2.05) is 0 Å². The minimum atomic E-state index is -4.29. The number of halogens is 3. The maximum absolute atomic E-state index is 11.8. The summed E-state index contributed by atoms with van der Waals surface area (Å²) >= 11 is 0. The number of ether oxygens (including phenoxy) is 1. The Morgan fingerprint density at radius 3 is 2.42 bits per heavy atom. The summed E-state index contributed by atoms with van der Waals surface area (Å²) < 4.78 is 39.8. The van der Waals surface area contributed by atoms with Gasteiger partial charge in [-0.2, -0.15) is 13.2 Å². The molecule has 0 aliphatic rings. The van der Waals surface area contributed by atoms with Crippen molar-refractivity contribution in [3.05, 3.63) is 29.8 Å². The van der Waals surface area contributed by atoms with Crippen molar-refractivity contribution in [2.24, 2.45) is 0 Å². The minimum absolute atomic E-state index is 0.0326. The van der Waals surface area contributed by atoms with Crippen LogP contribution in [0.1, 0.15) is 23.7 Å². The molecule has 6 heteroatoms. The monoisotopic (exact) mass is 275 g/mol. The number of Topliss-reactive ketones (excluding diaryl/α,β-unsaturated/α-hetero) is 1. The Labute approximate surface area is 109 Å². The molecular formula is C13H16F3NO2. The van der Waals surface area contributed by atoms with Crippen LogP contribution >= 0.6 is 0 Å². The van der Waals surface area contributed by atoms with E-state index in [-0.39, 0.29) is 18.9 Å². The third-order valence-corrected chi connectivity index (χ3v) is 2.37. The molecule has 1 aromatic rings. The summed E-state index contributed by atoms with van der Waals surface area (Å²) in [5.74, 6) is 0.0556. The summed E-state index contributed by atoms with van der Waals surface area (Å²) in [5, 5.41) is 2.91. The Hall–Kier alpha value is -1.56. The fourth-order valence-electron chi connectivity index (χ4n) is 1.43. The van der Waals surface area contributed by atoms with E-state index in [1.165, 1.54) is 0 Å². The molecule has 0 heterocycles. The highest BCUT2D eigenvalue weighted by Crippen LogP contribution is 2.14. The predicted octanol–water partition coefficient (Wildman–Crippen LogP) is 3.27. The fraction of sp³-hybridized carbons (Fsp3) is 0.462. The molecule has 1 N–H and O–H groups in total. The molecule has 0 atom stereocenters. The van der Waals surface area contributed by atoms with Gasteiger partial charge in [-0.1, -0.05) is 6.92 Å². The van der Waals surface area contributed by atoms with Gasteiger partial charge in [0.15, 0.2) is 5.78 Å². The second-order valence-corrected chi connectivity index (χ2v) is 3.95. The first-order chi connectivity index (χ1) is 8.92. The molecule has 0 bridgehead atoms. The lowest BCUT2D eigenvalue weighted by atomic mass is 10.1. The van der Waals surface area contributed by atoms with Crippen LogP contribution in [0.4, 0.5) is 18.9 Å². The van der Waals surface area contributed by atoms with Crippen LogP contribution in [0, 0.1) is 0 Å². The van der Waals surface area contributed by atoms with Crippen LogP contribution in [0.5, 0.6) is 0 Å². The smallest absolute Gasteiger partial charge is 0.383 e. The number of anilines is 1. The number of carbonyl (C=O) groups is 1. The number of hydrogen-bond acceptors (Lipinski definition) is 3. The molecule has 0 amide bonds. The third-order valence-electron chi connectivity index (χ3n) is 2.37. The molecule has 0 saturated carbocycles. The van der Waals surface area contributed by atoms with Crippen molar-refractivity contribution in [1.29, 1.82) is 0 Å². The Balaban J connectivity index is 2.29. The van der Waals surface area contributed by atoms with E-state index in [0.29, 0.717) is 12.0 Å². The maximum Gasteiger partial charge on any atom is 0.411 e. The first-order valence-corrected chi connectivity index (χ1v) is 5.94. The van der Waals surface area contributed by atoms with Gasteiger partial charge in [-0.15, -0.1) is 0 Å². The van der Waals surface area contributed by atoms with Crippen LogP contribution in [0.3, 0.4) is 0 Å². The van der Waals surface area contributed by atoms with Crippen molar-refractivity contribution in [1.82, 2.24) is 0 Å². The largest absolute Gasteiger partial charge is 0.411 e. The van der Waals surface area contributed by atoms with Gasteiger partial charge < -0.3 is 10.1 Å². The number of rotatable bonds is 7. The summed E-state index contributed by atoms with van der Waals surface area (Å²) in [5.41, 5.74) is 1.37. The molecule has 3 nitrogen and oxygen atoms in total. The van der Waals surface area contributed by atoms with Gasteiger partial charge >= 0.3 is 6.18 Å². The maximum atomic E-state index is 11.8. The Kier molecular flexibility index (Phi) is 5.82. The molecular weight excluding hydrogens is 259 g/mol. The number of nitrogens with one attached hydrogen (secondary N) is 1. The lowest BCUT2D eigenvalue weighted by Gasteiger charge is -2.09. The van der Waals surface area contributed by atoms with E-state index in [4.69, 9.17) is 0 Å². The Morgan fingerprint density at radius 2 is 1.89 bits per heavy atom. The molecule has 19 heavy (non-hydrogen) atoms. The molecule has 0 radical (unpaired) electrons. The zero-order chi connectivity index (χ0) is 14.3. The molecule has 0 unspecified atom stereocenters. The van der Waals surface area contributed by atoms with Crippen molar-refractivity contribution in [3.63, 3.8) is 0 Å². The van der Waals surface area contributed by atoms with E-state index >= 15 is 0 Å². The second-order valence-electron chi connectivity index (χ2n) is 3.95. The van der Waals surface area contributed by atoms with Gasteiger partial charge in [-0.25, -0.2) is 0 Å². The Morgan fingerprint density at radius 1 is 1.26 bits per heavy atom. The first kappa shape index (κ1) is 15.5. The summed E-state index contributed by atoms with van der Waals surface area (Å²) in [6, 6.07) is 6.80. The molecule has 1 rings (SSSR count). The highest BCUT2D eigenvalue weighted by Gasteiger charge is 2.27. The highest BCUT2D eigenvalue weighted by molar-refractivity contribution is 5.96. The lowest BCUT2D eigenvalue weighted by Crippen LogP contribution is -2.20.